The average Bonchev–Trinajstić information content (AvgIpc) is 1.86. The van der Waals surface area contributed by atoms with Gasteiger partial charge >= 0.3 is 0 Å². The van der Waals surface area contributed by atoms with Crippen LogP contribution in [0.4, 0.5) is 0 Å². The number of hydrogen-bond donors (Lipinski definition) is 1. The van der Waals surface area contributed by atoms with Crippen LogP contribution in [0.3, 0.4) is 0 Å². The maximum absolute atomic E-state index is 9.27. The van der Waals surface area contributed by atoms with E-state index in [-0.39, 0.29) is 11.3 Å². The van der Waals surface area contributed by atoms with E-state index < -0.39 is 0 Å². The molecule has 0 aromatic carbocycles. The molecular weight excluding hydrogens is 140 g/mol. The second-order valence-electron chi connectivity index (χ2n) is 3.48. The van der Waals surface area contributed by atoms with E-state index in [2.05, 4.69) is 9.97 Å². The van der Waals surface area contributed by atoms with Crippen molar-refractivity contribution in [3.05, 3.63) is 18.1 Å². The lowest BCUT2D eigenvalue weighted by atomic mass is 9.92. The van der Waals surface area contributed by atoms with Crippen LogP contribution >= 0.6 is 0 Å². The summed E-state index contributed by atoms with van der Waals surface area (Å²) in [6.07, 6.45) is 3.06. The molecule has 0 unspecified atom stereocenters. The number of aromatic nitrogens is 2. The van der Waals surface area contributed by atoms with Crippen molar-refractivity contribution in [3.63, 3.8) is 0 Å². The maximum Gasteiger partial charge on any atom is 0.233 e. The van der Waals surface area contributed by atoms with E-state index in [0.717, 1.165) is 0 Å². The molecular formula is C8H12N2O. The molecule has 0 fully saturated rings. The highest BCUT2D eigenvalue weighted by molar-refractivity contribution is 5.22. The minimum absolute atomic E-state index is 0.0278. The minimum Gasteiger partial charge on any atom is -0.492 e. The molecule has 0 radical (unpaired) electrons. The quantitative estimate of drug-likeness (QED) is 0.612. The van der Waals surface area contributed by atoms with Crippen molar-refractivity contribution in [1.82, 2.24) is 9.97 Å². The molecule has 0 bridgehead atoms. The lowest BCUT2D eigenvalue weighted by molar-refractivity contribution is 0.417. The van der Waals surface area contributed by atoms with E-state index in [1.54, 1.807) is 6.20 Å². The fraction of sp³-hybridized carbons (Fsp3) is 0.500. The van der Waals surface area contributed by atoms with E-state index >= 15 is 0 Å². The first-order valence-electron chi connectivity index (χ1n) is 3.52. The Hall–Kier alpha value is -1.12. The van der Waals surface area contributed by atoms with Crippen LogP contribution < -0.4 is 0 Å². The van der Waals surface area contributed by atoms with Crippen molar-refractivity contribution >= 4 is 0 Å². The molecule has 0 aliphatic carbocycles. The van der Waals surface area contributed by atoms with Gasteiger partial charge in [0.25, 0.3) is 0 Å². The molecule has 1 N–H and O–H groups in total. The molecule has 3 nitrogen and oxygen atoms in total. The normalized spacial score (nSPS) is 11.5. The smallest absolute Gasteiger partial charge is 0.233 e. The Morgan fingerprint density at radius 1 is 1.18 bits per heavy atom. The van der Waals surface area contributed by atoms with E-state index in [4.69, 9.17) is 0 Å². The van der Waals surface area contributed by atoms with Crippen molar-refractivity contribution in [2.24, 2.45) is 0 Å². The molecule has 1 heterocycles. The van der Waals surface area contributed by atoms with Crippen LogP contribution in [0, 0.1) is 0 Å². The molecule has 3 heteroatoms. The van der Waals surface area contributed by atoms with Gasteiger partial charge in [-0.3, -0.25) is 4.98 Å². The lowest BCUT2D eigenvalue weighted by Crippen LogP contribution is -2.13. The number of rotatable bonds is 0. The highest BCUT2D eigenvalue weighted by Gasteiger charge is 2.19. The zero-order valence-corrected chi connectivity index (χ0v) is 7.00. The van der Waals surface area contributed by atoms with Gasteiger partial charge in [-0.05, 0) is 0 Å². The lowest BCUT2D eigenvalue weighted by Gasteiger charge is -2.17. The van der Waals surface area contributed by atoms with E-state index in [0.29, 0.717) is 5.69 Å². The van der Waals surface area contributed by atoms with Crippen molar-refractivity contribution in [3.8, 4) is 5.88 Å². The Balaban J connectivity index is 3.14. The summed E-state index contributed by atoms with van der Waals surface area (Å²) in [5, 5.41) is 9.27. The van der Waals surface area contributed by atoms with Crippen molar-refractivity contribution in [2.75, 3.05) is 0 Å². The highest BCUT2D eigenvalue weighted by Crippen LogP contribution is 2.25. The van der Waals surface area contributed by atoms with Crippen molar-refractivity contribution in [1.29, 1.82) is 0 Å². The summed E-state index contributed by atoms with van der Waals surface area (Å²) in [7, 11) is 0. The largest absolute Gasteiger partial charge is 0.492 e. The first-order valence-corrected chi connectivity index (χ1v) is 3.52. The molecule has 1 aromatic rings. The fourth-order valence-electron chi connectivity index (χ4n) is 0.860. The number of nitrogens with zero attached hydrogens (tertiary/aromatic N) is 2. The summed E-state index contributed by atoms with van der Waals surface area (Å²) in [5.74, 6) is 0.0278. The summed E-state index contributed by atoms with van der Waals surface area (Å²) in [4.78, 5) is 7.78. The molecule has 0 spiro atoms. The molecule has 0 saturated heterocycles. The van der Waals surface area contributed by atoms with Gasteiger partial charge in [0.05, 0.1) is 0 Å². The van der Waals surface area contributed by atoms with Crippen LogP contribution in [-0.2, 0) is 5.41 Å². The fourth-order valence-corrected chi connectivity index (χ4v) is 0.860. The van der Waals surface area contributed by atoms with Crippen LogP contribution in [0.1, 0.15) is 26.5 Å². The third-order valence-electron chi connectivity index (χ3n) is 1.39. The molecule has 0 aliphatic heterocycles. The summed E-state index contributed by atoms with van der Waals surface area (Å²) in [5.41, 5.74) is 0.498. The maximum atomic E-state index is 9.27. The van der Waals surface area contributed by atoms with Crippen LogP contribution in [0.25, 0.3) is 0 Å². The predicted molar refractivity (Wildman–Crippen MR) is 42.4 cm³/mol. The van der Waals surface area contributed by atoms with E-state index in [1.165, 1.54) is 6.20 Å². The average molecular weight is 152 g/mol. The second kappa shape index (κ2) is 2.49. The molecule has 0 aliphatic rings. The minimum atomic E-state index is -0.141. The summed E-state index contributed by atoms with van der Waals surface area (Å²) in [6.45, 7) is 5.95. The number of hydrogen-bond acceptors (Lipinski definition) is 3. The van der Waals surface area contributed by atoms with Gasteiger partial charge in [-0.15, -0.1) is 0 Å². The first-order chi connectivity index (χ1) is 5.02. The monoisotopic (exact) mass is 152 g/mol. The molecule has 0 atom stereocenters. The Bertz CT molecular complexity index is 253. The van der Waals surface area contributed by atoms with Gasteiger partial charge in [-0.1, -0.05) is 20.8 Å². The van der Waals surface area contributed by atoms with Crippen molar-refractivity contribution in [2.45, 2.75) is 26.2 Å². The van der Waals surface area contributed by atoms with Crippen LogP contribution in [-0.4, -0.2) is 15.1 Å². The molecule has 11 heavy (non-hydrogen) atoms. The van der Waals surface area contributed by atoms with Gasteiger partial charge in [0.2, 0.25) is 5.88 Å². The van der Waals surface area contributed by atoms with Gasteiger partial charge < -0.3 is 5.11 Å². The van der Waals surface area contributed by atoms with Gasteiger partial charge in [0, 0.05) is 17.8 Å². The zero-order valence-electron chi connectivity index (χ0n) is 7.00. The molecule has 0 saturated carbocycles. The molecule has 1 aromatic heterocycles. The summed E-state index contributed by atoms with van der Waals surface area (Å²) in [6, 6.07) is 0. The van der Waals surface area contributed by atoms with Gasteiger partial charge in [-0.2, -0.15) is 0 Å². The molecule has 0 amide bonds. The van der Waals surface area contributed by atoms with Gasteiger partial charge in [0.15, 0.2) is 0 Å². The summed E-state index contributed by atoms with van der Waals surface area (Å²) >= 11 is 0. The Morgan fingerprint density at radius 2 is 1.73 bits per heavy atom. The van der Waals surface area contributed by atoms with Gasteiger partial charge in [0.1, 0.15) is 5.69 Å². The first kappa shape index (κ1) is 7.98. The Morgan fingerprint density at radius 3 is 2.09 bits per heavy atom. The predicted octanol–water partition coefficient (Wildman–Crippen LogP) is 1.48. The van der Waals surface area contributed by atoms with Gasteiger partial charge in [-0.25, -0.2) is 4.98 Å². The second-order valence-corrected chi connectivity index (χ2v) is 3.48. The van der Waals surface area contributed by atoms with Crippen LogP contribution in [0.2, 0.25) is 0 Å². The number of aromatic hydroxyl groups is 1. The van der Waals surface area contributed by atoms with E-state index in [9.17, 15) is 5.11 Å². The third kappa shape index (κ3) is 1.67. The van der Waals surface area contributed by atoms with Crippen LogP contribution in [0.15, 0.2) is 12.4 Å². The van der Waals surface area contributed by atoms with Crippen molar-refractivity contribution < 1.29 is 5.11 Å². The third-order valence-corrected chi connectivity index (χ3v) is 1.39. The Kier molecular flexibility index (Phi) is 1.81. The van der Waals surface area contributed by atoms with Crippen LogP contribution in [0.5, 0.6) is 5.88 Å². The molecule has 60 valence electrons. The zero-order chi connectivity index (χ0) is 8.48. The highest BCUT2D eigenvalue weighted by atomic mass is 16.3. The SMILES string of the molecule is CC(C)(C)c1nccnc1O. The Labute approximate surface area is 66.1 Å². The standard InChI is InChI=1S/C8H12N2O/c1-8(2,3)6-7(11)10-5-4-9-6/h4-5H,1-3H3,(H,10,11). The summed E-state index contributed by atoms with van der Waals surface area (Å²) < 4.78 is 0. The van der Waals surface area contributed by atoms with E-state index in [1.807, 2.05) is 20.8 Å². The topological polar surface area (TPSA) is 46.0 Å². The molecule has 1 rings (SSSR count).